The molecular weight excluding hydrogens is 269 g/mol. The summed E-state index contributed by atoms with van der Waals surface area (Å²) < 4.78 is 12.7. The summed E-state index contributed by atoms with van der Waals surface area (Å²) in [6.07, 6.45) is 4.61. The Balaban J connectivity index is 1.96. The molecule has 1 amide bonds. The smallest absolute Gasteiger partial charge is 0.248 e. The van der Waals surface area contributed by atoms with Crippen LogP contribution in [0.15, 0.2) is 48.7 Å². The highest BCUT2D eigenvalue weighted by Gasteiger charge is 2.00. The third-order valence-corrected chi connectivity index (χ3v) is 2.77. The molecule has 0 fully saturated rings. The molecule has 0 atom stereocenters. The minimum absolute atomic E-state index is 0.265. The molecule has 108 valence electrons. The number of halogens is 1. The first-order valence-corrected chi connectivity index (χ1v) is 6.42. The molecule has 0 bridgehead atoms. The first kappa shape index (κ1) is 14.7. The lowest BCUT2D eigenvalue weighted by Crippen LogP contribution is -2.12. The molecule has 1 aromatic heterocycles. The molecule has 0 aliphatic heterocycles. The molecule has 0 saturated heterocycles. The molecule has 0 radical (unpaired) electrons. The highest BCUT2D eigenvalue weighted by molar-refractivity contribution is 6.01. The molecule has 5 heteroatoms. The summed E-state index contributed by atoms with van der Waals surface area (Å²) in [5.41, 5.74) is 1.38. The van der Waals surface area contributed by atoms with Crippen molar-refractivity contribution in [3.8, 4) is 0 Å². The fourth-order valence-corrected chi connectivity index (χ4v) is 1.65. The third kappa shape index (κ3) is 4.42. The molecule has 2 rings (SSSR count). The molecule has 21 heavy (non-hydrogen) atoms. The maximum atomic E-state index is 12.7. The van der Waals surface area contributed by atoms with Gasteiger partial charge in [-0.1, -0.05) is 12.1 Å². The van der Waals surface area contributed by atoms with Gasteiger partial charge < -0.3 is 10.2 Å². The zero-order valence-electron chi connectivity index (χ0n) is 11.9. The van der Waals surface area contributed by atoms with Gasteiger partial charge in [-0.2, -0.15) is 0 Å². The maximum absolute atomic E-state index is 12.7. The van der Waals surface area contributed by atoms with Gasteiger partial charge in [-0.3, -0.25) is 4.79 Å². The number of nitrogens with one attached hydrogen (secondary N) is 1. The van der Waals surface area contributed by atoms with Crippen molar-refractivity contribution in [3.05, 3.63) is 60.1 Å². The first-order chi connectivity index (χ1) is 10.0. The van der Waals surface area contributed by atoms with Gasteiger partial charge in [0.1, 0.15) is 11.6 Å². The predicted octanol–water partition coefficient (Wildman–Crippen LogP) is 2.94. The van der Waals surface area contributed by atoms with Crippen molar-refractivity contribution >= 4 is 23.5 Å². The summed E-state index contributed by atoms with van der Waals surface area (Å²) in [4.78, 5) is 17.8. The molecule has 0 saturated carbocycles. The van der Waals surface area contributed by atoms with Crippen LogP contribution in [-0.2, 0) is 4.79 Å². The summed E-state index contributed by atoms with van der Waals surface area (Å²) in [7, 11) is 3.79. The van der Waals surface area contributed by atoms with Crippen LogP contribution in [0.25, 0.3) is 6.08 Å². The minimum atomic E-state index is -0.302. The van der Waals surface area contributed by atoms with E-state index >= 15 is 0 Å². The van der Waals surface area contributed by atoms with E-state index < -0.39 is 0 Å². The molecule has 0 aliphatic carbocycles. The van der Waals surface area contributed by atoms with Crippen LogP contribution >= 0.6 is 0 Å². The van der Waals surface area contributed by atoms with Crippen molar-refractivity contribution in [2.24, 2.45) is 0 Å². The lowest BCUT2D eigenvalue weighted by atomic mass is 10.2. The topological polar surface area (TPSA) is 45.2 Å². The molecule has 0 aliphatic rings. The normalized spacial score (nSPS) is 10.6. The first-order valence-electron chi connectivity index (χ1n) is 6.42. The number of rotatable bonds is 4. The summed E-state index contributed by atoms with van der Waals surface area (Å²) in [6, 6.07) is 9.51. The number of anilines is 2. The van der Waals surface area contributed by atoms with Crippen LogP contribution in [0.2, 0.25) is 0 Å². The Morgan fingerprint density at radius 3 is 2.48 bits per heavy atom. The van der Waals surface area contributed by atoms with Crippen molar-refractivity contribution in [1.82, 2.24) is 4.98 Å². The number of nitrogens with zero attached hydrogens (tertiary/aromatic N) is 2. The number of carbonyl (C=O) groups is 1. The van der Waals surface area contributed by atoms with Gasteiger partial charge >= 0.3 is 0 Å². The van der Waals surface area contributed by atoms with E-state index in [9.17, 15) is 9.18 Å². The average molecular weight is 285 g/mol. The number of pyridine rings is 1. The number of aromatic nitrogens is 1. The summed E-state index contributed by atoms with van der Waals surface area (Å²) in [5, 5.41) is 2.71. The molecule has 1 aromatic carbocycles. The Hall–Kier alpha value is -2.69. The summed E-state index contributed by atoms with van der Waals surface area (Å²) in [5.74, 6) is 0.247. The fourth-order valence-electron chi connectivity index (χ4n) is 1.65. The van der Waals surface area contributed by atoms with Gasteiger partial charge in [-0.25, -0.2) is 9.37 Å². The number of amides is 1. The molecular formula is C16H16FN3O. The lowest BCUT2D eigenvalue weighted by molar-refractivity contribution is -0.111. The summed E-state index contributed by atoms with van der Waals surface area (Å²) >= 11 is 0. The van der Waals surface area contributed by atoms with Crippen LogP contribution < -0.4 is 10.2 Å². The van der Waals surface area contributed by atoms with Crippen LogP contribution in [0, 0.1) is 5.82 Å². The molecule has 0 unspecified atom stereocenters. The van der Waals surface area contributed by atoms with Crippen LogP contribution in [0.1, 0.15) is 5.56 Å². The van der Waals surface area contributed by atoms with Gasteiger partial charge in [0.15, 0.2) is 0 Å². The largest absolute Gasteiger partial charge is 0.363 e. The molecule has 2 aromatic rings. The lowest BCUT2D eigenvalue weighted by Gasteiger charge is -2.11. The van der Waals surface area contributed by atoms with Gasteiger partial charge in [0.05, 0.1) is 11.9 Å². The van der Waals surface area contributed by atoms with Gasteiger partial charge in [-0.05, 0) is 35.9 Å². The van der Waals surface area contributed by atoms with Crippen LogP contribution in [0.4, 0.5) is 15.9 Å². The standard InChI is InChI=1S/C16H16FN3O/c1-20(2)15-9-8-14(11-18-15)19-16(21)10-5-12-3-6-13(17)7-4-12/h3-11H,1-2H3,(H,19,21)/b10-5+. The van der Waals surface area contributed by atoms with Crippen molar-refractivity contribution in [2.45, 2.75) is 0 Å². The molecule has 1 N–H and O–H groups in total. The van der Waals surface area contributed by atoms with Crippen molar-refractivity contribution in [2.75, 3.05) is 24.3 Å². The van der Waals surface area contributed by atoms with E-state index in [4.69, 9.17) is 0 Å². The van der Waals surface area contributed by atoms with E-state index in [-0.39, 0.29) is 11.7 Å². The second kappa shape index (κ2) is 6.65. The van der Waals surface area contributed by atoms with Crippen molar-refractivity contribution in [3.63, 3.8) is 0 Å². The van der Waals surface area contributed by atoms with Gasteiger partial charge in [-0.15, -0.1) is 0 Å². The fraction of sp³-hybridized carbons (Fsp3) is 0.125. The highest BCUT2D eigenvalue weighted by Crippen LogP contribution is 2.12. The number of hydrogen-bond donors (Lipinski definition) is 1. The Bertz CT molecular complexity index is 634. The average Bonchev–Trinajstić information content (AvgIpc) is 2.47. The number of benzene rings is 1. The second-order valence-electron chi connectivity index (χ2n) is 4.67. The Kier molecular flexibility index (Phi) is 4.66. The zero-order valence-corrected chi connectivity index (χ0v) is 11.9. The van der Waals surface area contributed by atoms with Crippen molar-refractivity contribution in [1.29, 1.82) is 0 Å². The monoisotopic (exact) mass is 285 g/mol. The van der Waals surface area contributed by atoms with E-state index in [2.05, 4.69) is 10.3 Å². The maximum Gasteiger partial charge on any atom is 0.248 e. The molecule has 1 heterocycles. The van der Waals surface area contributed by atoms with Crippen molar-refractivity contribution < 1.29 is 9.18 Å². The second-order valence-corrected chi connectivity index (χ2v) is 4.67. The van der Waals surface area contributed by atoms with E-state index in [0.717, 1.165) is 11.4 Å². The van der Waals surface area contributed by atoms with Gasteiger partial charge in [0.2, 0.25) is 5.91 Å². The molecule has 0 spiro atoms. The van der Waals surface area contributed by atoms with E-state index in [1.54, 1.807) is 30.5 Å². The Morgan fingerprint density at radius 1 is 1.19 bits per heavy atom. The highest BCUT2D eigenvalue weighted by atomic mass is 19.1. The Morgan fingerprint density at radius 2 is 1.90 bits per heavy atom. The number of hydrogen-bond acceptors (Lipinski definition) is 3. The quantitative estimate of drug-likeness (QED) is 0.878. The predicted molar refractivity (Wildman–Crippen MR) is 82.6 cm³/mol. The van der Waals surface area contributed by atoms with Crippen LogP contribution in [0.5, 0.6) is 0 Å². The van der Waals surface area contributed by atoms with E-state index in [1.165, 1.54) is 18.2 Å². The molecule has 4 nitrogen and oxygen atoms in total. The van der Waals surface area contributed by atoms with Crippen LogP contribution in [-0.4, -0.2) is 25.0 Å². The van der Waals surface area contributed by atoms with E-state index in [0.29, 0.717) is 5.69 Å². The third-order valence-electron chi connectivity index (χ3n) is 2.77. The van der Waals surface area contributed by atoms with Gasteiger partial charge in [0.25, 0.3) is 0 Å². The van der Waals surface area contributed by atoms with E-state index in [1.807, 2.05) is 25.1 Å². The Labute approximate surface area is 122 Å². The minimum Gasteiger partial charge on any atom is -0.363 e. The SMILES string of the molecule is CN(C)c1ccc(NC(=O)/C=C/c2ccc(F)cc2)cn1. The van der Waals surface area contributed by atoms with Crippen LogP contribution in [0.3, 0.4) is 0 Å². The number of carbonyl (C=O) groups excluding carboxylic acids is 1. The van der Waals surface area contributed by atoms with Gasteiger partial charge in [0, 0.05) is 20.2 Å². The summed E-state index contributed by atoms with van der Waals surface area (Å²) in [6.45, 7) is 0. The zero-order chi connectivity index (χ0) is 15.2.